The van der Waals surface area contributed by atoms with Gasteiger partial charge in [0.05, 0.1) is 5.39 Å². The first-order valence-corrected chi connectivity index (χ1v) is 6.93. The number of rotatable bonds is 2. The van der Waals surface area contributed by atoms with Gasteiger partial charge < -0.3 is 12.4 Å². The summed E-state index contributed by atoms with van der Waals surface area (Å²) in [4.78, 5) is 0. The Kier molecular flexibility index (Phi) is 5.00. The van der Waals surface area contributed by atoms with E-state index in [1.165, 1.54) is 16.6 Å². The van der Waals surface area contributed by atoms with E-state index in [2.05, 4.69) is 47.2 Å². The van der Waals surface area contributed by atoms with E-state index in [4.69, 9.17) is 11.6 Å². The summed E-state index contributed by atoms with van der Waals surface area (Å²) in [5, 5.41) is 1.92. The molecule has 3 heteroatoms. The van der Waals surface area contributed by atoms with Crippen molar-refractivity contribution in [3.05, 3.63) is 76.9 Å². The van der Waals surface area contributed by atoms with E-state index in [0.717, 1.165) is 10.4 Å². The summed E-state index contributed by atoms with van der Waals surface area (Å²) in [6.45, 7) is 0. The van der Waals surface area contributed by atoms with Crippen LogP contribution in [0.25, 0.3) is 23.1 Å². The number of nitrogens with zero attached hydrogens (tertiary/aromatic N) is 1. The predicted molar refractivity (Wildman–Crippen MR) is 85.5 cm³/mol. The van der Waals surface area contributed by atoms with Crippen LogP contribution in [0.5, 0.6) is 0 Å². The first kappa shape index (κ1) is 15.6. The highest BCUT2D eigenvalue weighted by Gasteiger charge is 2.08. The van der Waals surface area contributed by atoms with Crippen LogP contribution in [0.2, 0.25) is 5.02 Å². The maximum Gasteiger partial charge on any atom is 0.212 e. The van der Waals surface area contributed by atoms with Gasteiger partial charge in [0.2, 0.25) is 5.52 Å². The molecule has 0 atom stereocenters. The molecular weight excluding hydrogens is 301 g/mol. The Labute approximate surface area is 135 Å². The zero-order valence-corrected chi connectivity index (χ0v) is 13.1. The van der Waals surface area contributed by atoms with Gasteiger partial charge in [0.1, 0.15) is 7.05 Å². The van der Waals surface area contributed by atoms with Gasteiger partial charge in [-0.2, -0.15) is 0 Å². The highest BCUT2D eigenvalue weighted by Crippen LogP contribution is 2.22. The standard InChI is InChI=1S/C18H15ClN.ClH/c1-20-12-11-15(8-7-14-5-3-2-4-6-14)17-13-16(19)9-10-18(17)20;/h2-13H,1H3;1H/q+1;/p-1/b8-7+;. The van der Waals surface area contributed by atoms with Crippen molar-refractivity contribution in [2.75, 3.05) is 0 Å². The molecular formula is C18H15Cl2N. The molecule has 0 unspecified atom stereocenters. The van der Waals surface area contributed by atoms with Crippen molar-refractivity contribution in [3.8, 4) is 0 Å². The van der Waals surface area contributed by atoms with Gasteiger partial charge in [-0.05, 0) is 23.3 Å². The SMILES string of the molecule is C[n+]1ccc(/C=C/c2ccccc2)c2cc(Cl)ccc21.[Cl-]. The molecule has 3 rings (SSSR count). The van der Waals surface area contributed by atoms with Crippen LogP contribution < -0.4 is 17.0 Å². The lowest BCUT2D eigenvalue weighted by Crippen LogP contribution is -3.00. The van der Waals surface area contributed by atoms with Crippen molar-refractivity contribution in [1.29, 1.82) is 0 Å². The van der Waals surface area contributed by atoms with Crippen molar-refractivity contribution >= 4 is 34.7 Å². The molecule has 0 bridgehead atoms. The van der Waals surface area contributed by atoms with E-state index in [1.54, 1.807) is 0 Å². The summed E-state index contributed by atoms with van der Waals surface area (Å²) in [6, 6.07) is 18.4. The lowest BCUT2D eigenvalue weighted by molar-refractivity contribution is -0.644. The van der Waals surface area contributed by atoms with E-state index >= 15 is 0 Å². The number of hydrogen-bond acceptors (Lipinski definition) is 0. The van der Waals surface area contributed by atoms with Crippen molar-refractivity contribution in [3.63, 3.8) is 0 Å². The summed E-state index contributed by atoms with van der Waals surface area (Å²) in [5.74, 6) is 0. The van der Waals surface area contributed by atoms with E-state index in [9.17, 15) is 0 Å². The topological polar surface area (TPSA) is 3.88 Å². The molecule has 3 aromatic rings. The minimum atomic E-state index is 0. The van der Waals surface area contributed by atoms with Crippen LogP contribution >= 0.6 is 11.6 Å². The third-order valence-corrected chi connectivity index (χ3v) is 3.62. The molecule has 21 heavy (non-hydrogen) atoms. The third kappa shape index (κ3) is 3.44. The number of halogens is 2. The molecule has 0 aliphatic heterocycles. The maximum absolute atomic E-state index is 6.13. The monoisotopic (exact) mass is 315 g/mol. The molecule has 0 saturated carbocycles. The molecule has 0 fully saturated rings. The molecule has 106 valence electrons. The third-order valence-electron chi connectivity index (χ3n) is 3.38. The average molecular weight is 316 g/mol. The Morgan fingerprint density at radius 1 is 0.952 bits per heavy atom. The summed E-state index contributed by atoms with van der Waals surface area (Å²) in [7, 11) is 2.04. The minimum absolute atomic E-state index is 0. The Morgan fingerprint density at radius 3 is 2.48 bits per heavy atom. The van der Waals surface area contributed by atoms with Crippen molar-refractivity contribution in [2.45, 2.75) is 0 Å². The fourth-order valence-electron chi connectivity index (χ4n) is 2.30. The Balaban J connectivity index is 0.00000161. The summed E-state index contributed by atoms with van der Waals surface area (Å²) >= 11 is 6.13. The summed E-state index contributed by atoms with van der Waals surface area (Å²) < 4.78 is 2.10. The number of aryl methyl sites for hydroxylation is 1. The number of fused-ring (bicyclic) bond motifs is 1. The zero-order valence-electron chi connectivity index (χ0n) is 11.6. The molecule has 1 nitrogen and oxygen atoms in total. The highest BCUT2D eigenvalue weighted by atomic mass is 35.5. The predicted octanol–water partition coefficient (Wildman–Crippen LogP) is 1.49. The Morgan fingerprint density at radius 2 is 1.71 bits per heavy atom. The molecule has 1 aromatic heterocycles. The van der Waals surface area contributed by atoms with Gasteiger partial charge in [-0.25, -0.2) is 4.57 Å². The van der Waals surface area contributed by atoms with Gasteiger partial charge >= 0.3 is 0 Å². The molecule has 0 radical (unpaired) electrons. The Bertz CT molecular complexity index is 780. The quantitative estimate of drug-likeness (QED) is 0.631. The van der Waals surface area contributed by atoms with Gasteiger partial charge in [0.15, 0.2) is 6.20 Å². The van der Waals surface area contributed by atoms with Crippen LogP contribution in [0.3, 0.4) is 0 Å². The Hall–Kier alpha value is -1.83. The summed E-state index contributed by atoms with van der Waals surface area (Å²) in [5.41, 5.74) is 3.53. The van der Waals surface area contributed by atoms with E-state index < -0.39 is 0 Å². The number of hydrogen-bond donors (Lipinski definition) is 0. The van der Waals surface area contributed by atoms with Crippen LogP contribution in [0.15, 0.2) is 60.8 Å². The fourth-order valence-corrected chi connectivity index (χ4v) is 2.48. The second-order valence-corrected chi connectivity index (χ2v) is 5.22. The van der Waals surface area contributed by atoms with Gasteiger partial charge in [-0.3, -0.25) is 0 Å². The van der Waals surface area contributed by atoms with Gasteiger partial charge in [-0.1, -0.05) is 54.1 Å². The maximum atomic E-state index is 6.13. The highest BCUT2D eigenvalue weighted by molar-refractivity contribution is 6.31. The lowest BCUT2D eigenvalue weighted by Gasteiger charge is -2.02. The molecule has 2 aromatic carbocycles. The van der Waals surface area contributed by atoms with Gasteiger partial charge in [0.25, 0.3) is 0 Å². The van der Waals surface area contributed by atoms with Crippen LogP contribution in [0, 0.1) is 0 Å². The first-order chi connectivity index (χ1) is 9.74. The van der Waals surface area contributed by atoms with Crippen molar-refractivity contribution in [2.24, 2.45) is 7.05 Å². The largest absolute Gasteiger partial charge is 1.00 e. The van der Waals surface area contributed by atoms with Crippen LogP contribution in [-0.2, 0) is 7.05 Å². The lowest BCUT2D eigenvalue weighted by atomic mass is 10.1. The number of aromatic nitrogens is 1. The van der Waals surface area contributed by atoms with Crippen LogP contribution in [0.4, 0.5) is 0 Å². The van der Waals surface area contributed by atoms with Crippen LogP contribution in [0.1, 0.15) is 11.1 Å². The van der Waals surface area contributed by atoms with Crippen LogP contribution in [-0.4, -0.2) is 0 Å². The molecule has 0 aliphatic rings. The van der Waals surface area contributed by atoms with Gasteiger partial charge in [-0.15, -0.1) is 0 Å². The molecule has 1 heterocycles. The summed E-state index contributed by atoms with van der Waals surface area (Å²) in [6.07, 6.45) is 6.32. The molecule has 0 saturated heterocycles. The molecule has 0 amide bonds. The number of pyridine rings is 1. The van der Waals surface area contributed by atoms with Crippen molar-refractivity contribution in [1.82, 2.24) is 0 Å². The smallest absolute Gasteiger partial charge is 0.212 e. The zero-order chi connectivity index (χ0) is 13.9. The fraction of sp³-hybridized carbons (Fsp3) is 0.0556. The van der Waals surface area contributed by atoms with Gasteiger partial charge in [0, 0.05) is 17.2 Å². The van der Waals surface area contributed by atoms with Crippen molar-refractivity contribution < 1.29 is 17.0 Å². The van der Waals surface area contributed by atoms with E-state index in [0.29, 0.717) is 0 Å². The normalized spacial score (nSPS) is 10.8. The second-order valence-electron chi connectivity index (χ2n) is 4.79. The van der Waals surface area contributed by atoms with E-state index in [-0.39, 0.29) is 12.4 Å². The second kappa shape index (κ2) is 6.75. The minimum Gasteiger partial charge on any atom is -1.00 e. The molecule has 0 aliphatic carbocycles. The number of benzene rings is 2. The molecule has 0 spiro atoms. The molecule has 0 N–H and O–H groups in total. The first-order valence-electron chi connectivity index (χ1n) is 6.55. The average Bonchev–Trinajstić information content (AvgIpc) is 2.47. The van der Waals surface area contributed by atoms with E-state index in [1.807, 2.05) is 37.4 Å².